The van der Waals surface area contributed by atoms with Crippen molar-refractivity contribution in [3.05, 3.63) is 41.0 Å². The zero-order valence-electron chi connectivity index (χ0n) is 12.0. The van der Waals surface area contributed by atoms with Crippen LogP contribution in [0.15, 0.2) is 30.3 Å². The average molecular weight is 304 g/mol. The predicted octanol–water partition coefficient (Wildman–Crippen LogP) is 2.60. The molecule has 3 rings (SSSR count). The van der Waals surface area contributed by atoms with E-state index in [1.807, 2.05) is 37.3 Å². The number of carbonyl (C=O) groups excluding carboxylic acids is 1. The Hall–Kier alpha value is -1.65. The van der Waals surface area contributed by atoms with Crippen molar-refractivity contribution in [1.82, 2.24) is 15.2 Å². The number of nitrogens with one attached hydrogen (secondary N) is 1. The highest BCUT2D eigenvalue weighted by Crippen LogP contribution is 2.22. The van der Waals surface area contributed by atoms with E-state index >= 15 is 0 Å². The molecule has 2 heterocycles. The standard InChI is InChI=1S/C16H18ClN3O/c1-2-14-16(21)18-8-9-20(14)10-12-7-6-11-4-3-5-13(17)15(11)19-12/h3-7,14H,2,8-10H2,1H3,(H,18,21)/t14-/m1/s1. The lowest BCUT2D eigenvalue weighted by molar-refractivity contribution is -0.129. The summed E-state index contributed by atoms with van der Waals surface area (Å²) in [4.78, 5) is 18.7. The van der Waals surface area contributed by atoms with E-state index in [1.54, 1.807) is 0 Å². The number of hydrogen-bond donors (Lipinski definition) is 1. The van der Waals surface area contributed by atoms with Gasteiger partial charge in [-0.25, -0.2) is 4.98 Å². The Morgan fingerprint density at radius 1 is 1.38 bits per heavy atom. The van der Waals surface area contributed by atoms with Gasteiger partial charge in [0, 0.05) is 25.0 Å². The second-order valence-corrected chi connectivity index (χ2v) is 5.71. The molecule has 2 aromatic rings. The Labute approximate surface area is 129 Å². The molecule has 21 heavy (non-hydrogen) atoms. The Balaban J connectivity index is 1.87. The summed E-state index contributed by atoms with van der Waals surface area (Å²) in [5.41, 5.74) is 1.77. The van der Waals surface area contributed by atoms with Gasteiger partial charge in [0.25, 0.3) is 0 Å². The minimum absolute atomic E-state index is 0.0671. The number of pyridine rings is 1. The van der Waals surface area contributed by atoms with E-state index in [0.717, 1.165) is 29.6 Å². The maximum Gasteiger partial charge on any atom is 0.237 e. The van der Waals surface area contributed by atoms with Gasteiger partial charge >= 0.3 is 0 Å². The Morgan fingerprint density at radius 2 is 2.24 bits per heavy atom. The molecule has 0 saturated carbocycles. The highest BCUT2D eigenvalue weighted by atomic mass is 35.5. The number of para-hydroxylation sites is 1. The van der Waals surface area contributed by atoms with E-state index in [2.05, 4.69) is 15.2 Å². The summed E-state index contributed by atoms with van der Waals surface area (Å²) in [5.74, 6) is 0.113. The van der Waals surface area contributed by atoms with Gasteiger partial charge in [-0.2, -0.15) is 0 Å². The first kappa shape index (κ1) is 14.3. The molecule has 0 aliphatic carbocycles. The van der Waals surface area contributed by atoms with Gasteiger partial charge in [-0.05, 0) is 18.6 Å². The first-order chi connectivity index (χ1) is 10.2. The number of nitrogens with zero attached hydrogens (tertiary/aromatic N) is 2. The Morgan fingerprint density at radius 3 is 3.05 bits per heavy atom. The molecule has 5 heteroatoms. The smallest absolute Gasteiger partial charge is 0.237 e. The van der Waals surface area contributed by atoms with Crippen molar-refractivity contribution in [2.75, 3.05) is 13.1 Å². The van der Waals surface area contributed by atoms with Crippen LogP contribution >= 0.6 is 11.6 Å². The molecule has 0 unspecified atom stereocenters. The molecule has 1 aliphatic rings. The molecule has 0 bridgehead atoms. The van der Waals surface area contributed by atoms with Crippen LogP contribution in [0.2, 0.25) is 5.02 Å². The highest BCUT2D eigenvalue weighted by molar-refractivity contribution is 6.35. The number of piperazine rings is 1. The van der Waals surface area contributed by atoms with Gasteiger partial charge in [-0.15, -0.1) is 0 Å². The second-order valence-electron chi connectivity index (χ2n) is 5.30. The molecule has 4 nitrogen and oxygen atoms in total. The fraction of sp³-hybridized carbons (Fsp3) is 0.375. The fourth-order valence-electron chi connectivity index (χ4n) is 2.84. The second kappa shape index (κ2) is 6.00. The monoisotopic (exact) mass is 303 g/mol. The number of amides is 1. The molecular formula is C16H18ClN3O. The summed E-state index contributed by atoms with van der Waals surface area (Å²) < 4.78 is 0. The van der Waals surface area contributed by atoms with Crippen LogP contribution in [0.1, 0.15) is 19.0 Å². The molecule has 0 radical (unpaired) electrons. The number of carbonyl (C=O) groups is 1. The van der Waals surface area contributed by atoms with Crippen molar-refractivity contribution >= 4 is 28.4 Å². The first-order valence-corrected chi connectivity index (χ1v) is 7.62. The minimum atomic E-state index is -0.0671. The predicted molar refractivity (Wildman–Crippen MR) is 84.3 cm³/mol. The molecule has 1 amide bonds. The summed E-state index contributed by atoms with van der Waals surface area (Å²) >= 11 is 6.21. The van der Waals surface area contributed by atoms with Gasteiger partial charge in [-0.3, -0.25) is 9.69 Å². The molecule has 1 fully saturated rings. The highest BCUT2D eigenvalue weighted by Gasteiger charge is 2.28. The topological polar surface area (TPSA) is 45.2 Å². The normalized spacial score (nSPS) is 19.7. The molecule has 1 N–H and O–H groups in total. The van der Waals surface area contributed by atoms with Crippen LogP contribution in [-0.2, 0) is 11.3 Å². The number of aromatic nitrogens is 1. The maximum absolute atomic E-state index is 11.9. The number of halogens is 1. The van der Waals surface area contributed by atoms with Gasteiger partial charge in [0.1, 0.15) is 0 Å². The van der Waals surface area contributed by atoms with E-state index in [0.29, 0.717) is 18.1 Å². The van der Waals surface area contributed by atoms with Crippen LogP contribution < -0.4 is 5.32 Å². The number of benzene rings is 1. The Kier molecular flexibility index (Phi) is 4.08. The average Bonchev–Trinajstić information content (AvgIpc) is 2.48. The SMILES string of the molecule is CC[C@@H]1C(=O)NCCN1Cc1ccc2cccc(Cl)c2n1. The third-order valence-electron chi connectivity index (χ3n) is 3.92. The lowest BCUT2D eigenvalue weighted by atomic mass is 10.1. The zero-order chi connectivity index (χ0) is 14.8. The molecule has 1 saturated heterocycles. The summed E-state index contributed by atoms with van der Waals surface area (Å²) in [6, 6.07) is 9.76. The van der Waals surface area contributed by atoms with Crippen molar-refractivity contribution in [2.45, 2.75) is 25.9 Å². The minimum Gasteiger partial charge on any atom is -0.353 e. The summed E-state index contributed by atoms with van der Waals surface area (Å²) in [6.45, 7) is 4.26. The van der Waals surface area contributed by atoms with Crippen LogP contribution in [-0.4, -0.2) is 34.9 Å². The molecule has 110 valence electrons. The van der Waals surface area contributed by atoms with Gasteiger partial charge in [0.05, 0.1) is 22.3 Å². The van der Waals surface area contributed by atoms with Gasteiger partial charge in [0.2, 0.25) is 5.91 Å². The first-order valence-electron chi connectivity index (χ1n) is 7.25. The van der Waals surface area contributed by atoms with E-state index in [1.165, 1.54) is 0 Å². The summed E-state index contributed by atoms with van der Waals surface area (Å²) in [7, 11) is 0. The number of hydrogen-bond acceptors (Lipinski definition) is 3. The third kappa shape index (κ3) is 2.87. The van der Waals surface area contributed by atoms with Crippen LogP contribution in [0, 0.1) is 0 Å². The van der Waals surface area contributed by atoms with Gasteiger partial charge in [-0.1, -0.05) is 36.7 Å². The third-order valence-corrected chi connectivity index (χ3v) is 4.23. The van der Waals surface area contributed by atoms with Crippen molar-refractivity contribution in [2.24, 2.45) is 0 Å². The fourth-order valence-corrected chi connectivity index (χ4v) is 3.07. The van der Waals surface area contributed by atoms with Crippen molar-refractivity contribution in [1.29, 1.82) is 0 Å². The van der Waals surface area contributed by atoms with Crippen molar-refractivity contribution < 1.29 is 4.79 Å². The van der Waals surface area contributed by atoms with Gasteiger partial charge < -0.3 is 5.32 Å². The molecule has 1 aliphatic heterocycles. The number of fused-ring (bicyclic) bond motifs is 1. The maximum atomic E-state index is 11.9. The lowest BCUT2D eigenvalue weighted by Gasteiger charge is -2.34. The van der Waals surface area contributed by atoms with Crippen molar-refractivity contribution in [3.8, 4) is 0 Å². The van der Waals surface area contributed by atoms with E-state index in [-0.39, 0.29) is 11.9 Å². The molecule has 1 aromatic carbocycles. The van der Waals surface area contributed by atoms with E-state index in [4.69, 9.17) is 11.6 Å². The van der Waals surface area contributed by atoms with Crippen molar-refractivity contribution in [3.63, 3.8) is 0 Å². The summed E-state index contributed by atoms with van der Waals surface area (Å²) in [6.07, 6.45) is 0.806. The summed E-state index contributed by atoms with van der Waals surface area (Å²) in [5, 5.41) is 4.62. The van der Waals surface area contributed by atoms with Gasteiger partial charge in [0.15, 0.2) is 0 Å². The van der Waals surface area contributed by atoms with Crippen LogP contribution in [0.25, 0.3) is 10.9 Å². The lowest BCUT2D eigenvalue weighted by Crippen LogP contribution is -2.54. The largest absolute Gasteiger partial charge is 0.353 e. The van der Waals surface area contributed by atoms with E-state index < -0.39 is 0 Å². The molecule has 1 aromatic heterocycles. The molecule has 0 spiro atoms. The Bertz CT molecular complexity index is 674. The number of rotatable bonds is 3. The van der Waals surface area contributed by atoms with Crippen LogP contribution in [0.3, 0.4) is 0 Å². The molecule has 1 atom stereocenters. The van der Waals surface area contributed by atoms with Crippen LogP contribution in [0.5, 0.6) is 0 Å². The quantitative estimate of drug-likeness (QED) is 0.948. The zero-order valence-corrected chi connectivity index (χ0v) is 12.7. The molecular weight excluding hydrogens is 286 g/mol. The van der Waals surface area contributed by atoms with E-state index in [9.17, 15) is 4.79 Å². The van der Waals surface area contributed by atoms with Crippen LogP contribution in [0.4, 0.5) is 0 Å².